The number of fused-ring (bicyclic) bond motifs is 1. The van der Waals surface area contributed by atoms with Crippen LogP contribution >= 0.6 is 23.2 Å². The first-order valence-corrected chi connectivity index (χ1v) is 15.7. The number of imide groups is 1. The van der Waals surface area contributed by atoms with Gasteiger partial charge >= 0.3 is 5.97 Å². The Morgan fingerprint density at radius 2 is 1.56 bits per heavy atom. The van der Waals surface area contributed by atoms with Gasteiger partial charge in [-0.1, -0.05) is 71.8 Å². The lowest BCUT2D eigenvalue weighted by atomic mass is 9.63. The molecule has 9 heteroatoms. The van der Waals surface area contributed by atoms with Crippen LogP contribution in [0.15, 0.2) is 84.9 Å². The third kappa shape index (κ3) is 4.43. The number of benzene rings is 3. The zero-order chi connectivity index (χ0) is 31.1. The van der Waals surface area contributed by atoms with E-state index in [1.807, 2.05) is 0 Å². The van der Waals surface area contributed by atoms with E-state index in [9.17, 15) is 19.2 Å². The van der Waals surface area contributed by atoms with Crippen molar-refractivity contribution in [2.45, 2.75) is 19.4 Å². The molecule has 4 aromatic rings. The molecule has 5 aliphatic rings. The summed E-state index contributed by atoms with van der Waals surface area (Å²) in [5, 5.41) is 1.23. The molecule has 1 aromatic heterocycles. The topological polar surface area (TPSA) is 93.6 Å². The molecule has 2 amide bonds. The van der Waals surface area contributed by atoms with Crippen LogP contribution in [0.3, 0.4) is 0 Å². The Labute approximate surface area is 268 Å². The summed E-state index contributed by atoms with van der Waals surface area (Å²) in [6, 6.07) is 20.2. The van der Waals surface area contributed by atoms with Crippen molar-refractivity contribution in [3.05, 3.63) is 106 Å². The molecule has 2 saturated carbocycles. The molecule has 0 N–H and O–H groups in total. The van der Waals surface area contributed by atoms with E-state index < -0.39 is 12.1 Å². The van der Waals surface area contributed by atoms with Gasteiger partial charge in [0.25, 0.3) is 0 Å². The van der Waals surface area contributed by atoms with Crippen LogP contribution in [0.25, 0.3) is 22.2 Å². The number of ether oxygens (including phenoxy) is 1. The van der Waals surface area contributed by atoms with Crippen LogP contribution in [0.5, 0.6) is 0 Å². The van der Waals surface area contributed by atoms with Crippen molar-refractivity contribution in [1.82, 2.24) is 4.98 Å². The number of carbonyl (C=O) groups is 4. The molecule has 0 spiro atoms. The number of nitrogens with zero attached hydrogens (tertiary/aromatic N) is 2. The van der Waals surface area contributed by atoms with Crippen LogP contribution in [-0.4, -0.2) is 34.7 Å². The minimum Gasteiger partial charge on any atom is -0.451 e. The summed E-state index contributed by atoms with van der Waals surface area (Å²) < 4.78 is 5.63. The van der Waals surface area contributed by atoms with E-state index in [2.05, 4.69) is 12.2 Å². The van der Waals surface area contributed by atoms with Gasteiger partial charge in [-0.05, 0) is 73.4 Å². The number of rotatable bonds is 6. The zero-order valence-electron chi connectivity index (χ0n) is 24.0. The average molecular weight is 638 g/mol. The molecule has 4 aliphatic carbocycles. The molecule has 0 radical (unpaired) electrons. The summed E-state index contributed by atoms with van der Waals surface area (Å²) >= 11 is 12.6. The van der Waals surface area contributed by atoms with Crippen molar-refractivity contribution in [1.29, 1.82) is 0 Å². The molecular weight excluding hydrogens is 611 g/mol. The largest absolute Gasteiger partial charge is 0.451 e. The van der Waals surface area contributed by atoms with Gasteiger partial charge in [0.05, 0.1) is 39.3 Å². The second kappa shape index (κ2) is 10.4. The summed E-state index contributed by atoms with van der Waals surface area (Å²) in [6.07, 6.45) is 4.35. The molecule has 1 saturated heterocycles. The van der Waals surface area contributed by atoms with Crippen LogP contribution in [-0.2, 0) is 14.3 Å². The first-order chi connectivity index (χ1) is 21.7. The van der Waals surface area contributed by atoms with Gasteiger partial charge in [0.15, 0.2) is 6.10 Å². The molecule has 45 heavy (non-hydrogen) atoms. The second-order valence-electron chi connectivity index (χ2n) is 12.3. The Balaban J connectivity index is 1.09. The number of allylic oxidation sites excluding steroid dienone is 2. The van der Waals surface area contributed by atoms with E-state index in [1.165, 1.54) is 17.9 Å². The summed E-state index contributed by atoms with van der Waals surface area (Å²) in [4.78, 5) is 59.7. The monoisotopic (exact) mass is 636 g/mol. The van der Waals surface area contributed by atoms with E-state index in [0.717, 1.165) is 6.42 Å². The number of aromatic nitrogens is 1. The minimum absolute atomic E-state index is 0.121. The summed E-state index contributed by atoms with van der Waals surface area (Å²) in [5.74, 6) is -0.516. The standard InChI is InChI=1S/C36H26Cl2N2O5/c1-17(33(41)19-4-2-5-20(37)14-19)45-36(44)27-16-29(39-32-24(27)6-3-7-28(32)38)18-8-10-21(11-9-18)40-34(42)30-22-12-13-23(26-15-25(22)26)31(30)35(40)43/h2-14,16-17,22-23,25-26,30-31H,15H2,1H3. The number of hydrogen-bond acceptors (Lipinski definition) is 6. The predicted octanol–water partition coefficient (Wildman–Crippen LogP) is 7.19. The Bertz CT molecular complexity index is 1950. The Hall–Kier alpha value is -4.33. The van der Waals surface area contributed by atoms with E-state index >= 15 is 0 Å². The maximum Gasteiger partial charge on any atom is 0.339 e. The lowest BCUT2D eigenvalue weighted by molar-refractivity contribution is -0.124. The smallest absolute Gasteiger partial charge is 0.339 e. The minimum atomic E-state index is -1.07. The van der Waals surface area contributed by atoms with E-state index in [1.54, 1.807) is 66.7 Å². The molecule has 7 nitrogen and oxygen atoms in total. The first kappa shape index (κ1) is 28.2. The molecular formula is C36H26Cl2N2O5. The fourth-order valence-corrected chi connectivity index (χ4v) is 8.08. The van der Waals surface area contributed by atoms with Crippen LogP contribution in [0.2, 0.25) is 10.0 Å². The predicted molar refractivity (Wildman–Crippen MR) is 170 cm³/mol. The number of para-hydroxylation sites is 1. The van der Waals surface area contributed by atoms with Crippen molar-refractivity contribution >= 4 is 63.4 Å². The molecule has 1 aliphatic heterocycles. The van der Waals surface area contributed by atoms with Crippen LogP contribution in [0.1, 0.15) is 34.1 Å². The molecule has 2 heterocycles. The molecule has 7 atom stereocenters. The summed E-state index contributed by atoms with van der Waals surface area (Å²) in [7, 11) is 0. The molecule has 7 unspecified atom stereocenters. The van der Waals surface area contributed by atoms with E-state index in [-0.39, 0.29) is 46.8 Å². The molecule has 3 aromatic carbocycles. The molecule has 224 valence electrons. The van der Waals surface area contributed by atoms with Crippen LogP contribution in [0, 0.1) is 35.5 Å². The molecule has 2 bridgehead atoms. The first-order valence-electron chi connectivity index (χ1n) is 15.0. The number of hydrogen-bond donors (Lipinski definition) is 0. The van der Waals surface area contributed by atoms with Crippen molar-refractivity contribution in [3.8, 4) is 11.3 Å². The second-order valence-corrected chi connectivity index (χ2v) is 13.2. The van der Waals surface area contributed by atoms with Gasteiger partial charge in [0, 0.05) is 21.5 Å². The number of Topliss-reactive ketones (excluding diaryl/α,β-unsaturated/α-hetero) is 1. The van der Waals surface area contributed by atoms with Crippen molar-refractivity contribution in [3.63, 3.8) is 0 Å². The fraction of sp³-hybridized carbons (Fsp3) is 0.250. The maximum atomic E-state index is 13.6. The van der Waals surface area contributed by atoms with Crippen LogP contribution in [0.4, 0.5) is 5.69 Å². The van der Waals surface area contributed by atoms with Gasteiger partial charge in [-0.3, -0.25) is 19.3 Å². The van der Waals surface area contributed by atoms with Crippen molar-refractivity contribution in [2.24, 2.45) is 35.5 Å². The highest BCUT2D eigenvalue weighted by Crippen LogP contribution is 2.65. The fourth-order valence-electron chi connectivity index (χ4n) is 7.68. The summed E-state index contributed by atoms with van der Waals surface area (Å²) in [5.41, 5.74) is 2.54. The third-order valence-corrected chi connectivity index (χ3v) is 10.4. The number of halogens is 2. The highest BCUT2D eigenvalue weighted by Gasteiger charge is 2.67. The quantitative estimate of drug-likeness (QED) is 0.0962. The highest BCUT2D eigenvalue weighted by molar-refractivity contribution is 6.35. The number of amides is 2. The highest BCUT2D eigenvalue weighted by atomic mass is 35.5. The number of pyridine rings is 1. The lowest BCUT2D eigenvalue weighted by Gasteiger charge is -2.37. The number of esters is 1. The van der Waals surface area contributed by atoms with Gasteiger partial charge < -0.3 is 4.74 Å². The zero-order valence-corrected chi connectivity index (χ0v) is 25.5. The maximum absolute atomic E-state index is 13.6. The van der Waals surface area contributed by atoms with E-state index in [0.29, 0.717) is 55.3 Å². The van der Waals surface area contributed by atoms with E-state index in [4.69, 9.17) is 32.9 Å². The normalized spacial score (nSPS) is 26.5. The van der Waals surface area contributed by atoms with Gasteiger partial charge in [0.2, 0.25) is 17.6 Å². The third-order valence-electron chi connectivity index (χ3n) is 9.86. The molecule has 9 rings (SSSR count). The summed E-state index contributed by atoms with van der Waals surface area (Å²) in [6.45, 7) is 1.51. The average Bonchev–Trinajstić information content (AvgIpc) is 3.83. The van der Waals surface area contributed by atoms with Gasteiger partial charge in [0.1, 0.15) is 0 Å². The van der Waals surface area contributed by atoms with Crippen molar-refractivity contribution in [2.75, 3.05) is 4.90 Å². The molecule has 3 fully saturated rings. The number of carbonyl (C=O) groups excluding carboxylic acids is 4. The Morgan fingerprint density at radius 1 is 0.889 bits per heavy atom. The Morgan fingerprint density at radius 3 is 2.22 bits per heavy atom. The van der Waals surface area contributed by atoms with Gasteiger partial charge in [-0.2, -0.15) is 0 Å². The van der Waals surface area contributed by atoms with Gasteiger partial charge in [-0.15, -0.1) is 0 Å². The van der Waals surface area contributed by atoms with Gasteiger partial charge in [-0.25, -0.2) is 9.78 Å². The van der Waals surface area contributed by atoms with Crippen LogP contribution < -0.4 is 4.90 Å². The number of anilines is 1. The lowest BCUT2D eigenvalue weighted by Crippen LogP contribution is -2.40. The van der Waals surface area contributed by atoms with Crippen molar-refractivity contribution < 1.29 is 23.9 Å². The number of ketones is 1. The SMILES string of the molecule is CC(OC(=O)c1cc(-c2ccc(N3C(=O)C4C5C=CC(C6CC56)C4C3=O)cc2)nc2c(Cl)cccc12)C(=O)c1cccc(Cl)c1. The Kier molecular flexibility index (Phi) is 6.48.